The molecule has 0 saturated carbocycles. The highest BCUT2D eigenvalue weighted by Crippen LogP contribution is 2.20. The lowest BCUT2D eigenvalue weighted by Crippen LogP contribution is -2.05. The number of carbonyl (C=O) groups is 1. The zero-order valence-corrected chi connectivity index (χ0v) is 10.8. The summed E-state index contributed by atoms with van der Waals surface area (Å²) in [6.45, 7) is 3.83. The molecule has 0 bridgehead atoms. The van der Waals surface area contributed by atoms with E-state index in [4.69, 9.17) is 4.74 Å². The highest BCUT2D eigenvalue weighted by atomic mass is 16.5. The molecule has 98 valence electrons. The molecule has 0 radical (unpaired) electrons. The predicted octanol–water partition coefficient (Wildman–Crippen LogP) is 2.04. The smallest absolute Gasteiger partial charge is 0.343 e. The third-order valence-electron chi connectivity index (χ3n) is 2.45. The molecule has 1 N–H and O–H groups in total. The Balaban J connectivity index is 2.26. The number of carbonyl (C=O) groups excluding carboxylic acids is 1. The summed E-state index contributed by atoms with van der Waals surface area (Å²) in [7, 11) is 0. The summed E-state index contributed by atoms with van der Waals surface area (Å²) >= 11 is 0. The van der Waals surface area contributed by atoms with Gasteiger partial charge in [-0.2, -0.15) is 5.10 Å². The fourth-order valence-electron chi connectivity index (χ4n) is 1.54. The average molecular weight is 258 g/mol. The summed E-state index contributed by atoms with van der Waals surface area (Å²) in [5.41, 5.74) is 1.89. The number of H-pyrrole nitrogens is 1. The highest BCUT2D eigenvalue weighted by molar-refractivity contribution is 5.96. The summed E-state index contributed by atoms with van der Waals surface area (Å²) in [4.78, 5) is 19.9. The van der Waals surface area contributed by atoms with Gasteiger partial charge in [-0.1, -0.05) is 0 Å². The molecule has 2 rings (SSSR count). The monoisotopic (exact) mass is 258 g/mol. The number of aryl methyl sites for hydroxylation is 1. The van der Waals surface area contributed by atoms with Crippen LogP contribution >= 0.6 is 0 Å². The van der Waals surface area contributed by atoms with E-state index < -0.39 is 5.97 Å². The van der Waals surface area contributed by atoms with Crippen LogP contribution in [0.25, 0.3) is 0 Å². The van der Waals surface area contributed by atoms with Crippen LogP contribution in [-0.2, 0) is 4.74 Å². The molecule has 2 aromatic rings. The van der Waals surface area contributed by atoms with Gasteiger partial charge in [0, 0.05) is 24.3 Å². The summed E-state index contributed by atoms with van der Waals surface area (Å²) < 4.78 is 4.98. The van der Waals surface area contributed by atoms with Gasteiger partial charge in [-0.3, -0.25) is 10.1 Å². The molecule has 6 heteroatoms. The summed E-state index contributed by atoms with van der Waals surface area (Å²) in [6.07, 6.45) is 4.97. The Bertz CT molecular complexity index is 590. The lowest BCUT2D eigenvalue weighted by Gasteiger charge is -2.00. The van der Waals surface area contributed by atoms with Gasteiger partial charge < -0.3 is 4.74 Å². The normalized spacial score (nSPS) is 10.8. The summed E-state index contributed by atoms with van der Waals surface area (Å²) in [6, 6.07) is 3.63. The lowest BCUT2D eigenvalue weighted by molar-refractivity contribution is 0.0526. The van der Waals surface area contributed by atoms with Gasteiger partial charge in [0.15, 0.2) is 5.82 Å². The van der Waals surface area contributed by atoms with Crippen molar-refractivity contribution in [2.45, 2.75) is 13.8 Å². The van der Waals surface area contributed by atoms with Gasteiger partial charge in [-0.05, 0) is 31.5 Å². The van der Waals surface area contributed by atoms with E-state index in [0.29, 0.717) is 23.7 Å². The number of hydrogen-bond acceptors (Lipinski definition) is 5. The van der Waals surface area contributed by atoms with Gasteiger partial charge in [0.05, 0.1) is 6.61 Å². The van der Waals surface area contributed by atoms with Crippen LogP contribution in [-0.4, -0.2) is 34.0 Å². The number of aromatic nitrogens is 3. The number of hydrogen-bond donors (Lipinski definition) is 1. The van der Waals surface area contributed by atoms with Crippen molar-refractivity contribution >= 4 is 18.0 Å². The largest absolute Gasteiger partial charge is 0.462 e. The van der Waals surface area contributed by atoms with E-state index in [-0.39, 0.29) is 0 Å². The topological polar surface area (TPSA) is 80.2 Å². The quantitative estimate of drug-likeness (QED) is 0.672. The third-order valence-corrected chi connectivity index (χ3v) is 2.45. The van der Waals surface area contributed by atoms with E-state index >= 15 is 0 Å². The van der Waals surface area contributed by atoms with Gasteiger partial charge in [0.1, 0.15) is 5.56 Å². The number of rotatable bonds is 4. The second-order valence-electron chi connectivity index (χ2n) is 3.81. The minimum Gasteiger partial charge on any atom is -0.462 e. The Morgan fingerprint density at radius 2 is 2.21 bits per heavy atom. The highest BCUT2D eigenvalue weighted by Gasteiger charge is 2.18. The molecule has 2 heterocycles. The molecule has 6 nitrogen and oxygen atoms in total. The van der Waals surface area contributed by atoms with Crippen molar-refractivity contribution in [2.75, 3.05) is 6.61 Å². The van der Waals surface area contributed by atoms with Gasteiger partial charge in [-0.15, -0.1) is 0 Å². The molecule has 0 amide bonds. The Labute approximate surface area is 110 Å². The third kappa shape index (κ3) is 3.04. The SMILES string of the molecule is CCOC(=O)c1c(N=Cc2ccncc2)n[nH]c1C. The van der Waals surface area contributed by atoms with E-state index in [9.17, 15) is 4.79 Å². The molecule has 2 aromatic heterocycles. The van der Waals surface area contributed by atoms with Crippen LogP contribution in [0.4, 0.5) is 5.82 Å². The summed E-state index contributed by atoms with van der Waals surface area (Å²) in [5, 5.41) is 6.73. The summed E-state index contributed by atoms with van der Waals surface area (Å²) in [5.74, 6) is -0.0941. The molecule has 0 aromatic carbocycles. The molecular weight excluding hydrogens is 244 g/mol. The van der Waals surface area contributed by atoms with Crippen LogP contribution < -0.4 is 0 Å². The maximum absolute atomic E-state index is 11.8. The van der Waals surface area contributed by atoms with Crippen molar-refractivity contribution in [1.29, 1.82) is 0 Å². The van der Waals surface area contributed by atoms with E-state index in [1.807, 2.05) is 12.1 Å². The number of aromatic amines is 1. The Morgan fingerprint density at radius 1 is 1.47 bits per heavy atom. The van der Waals surface area contributed by atoms with Crippen LogP contribution in [0, 0.1) is 6.92 Å². The van der Waals surface area contributed by atoms with Gasteiger partial charge in [-0.25, -0.2) is 9.79 Å². The van der Waals surface area contributed by atoms with Crippen LogP contribution in [0.1, 0.15) is 28.5 Å². The first-order valence-electron chi connectivity index (χ1n) is 5.88. The van der Waals surface area contributed by atoms with E-state index in [0.717, 1.165) is 5.56 Å². The number of esters is 1. The van der Waals surface area contributed by atoms with Gasteiger partial charge >= 0.3 is 5.97 Å². The molecule has 0 spiro atoms. The fourth-order valence-corrected chi connectivity index (χ4v) is 1.54. The van der Waals surface area contributed by atoms with Crippen LogP contribution in [0.2, 0.25) is 0 Å². The first-order valence-corrected chi connectivity index (χ1v) is 5.88. The van der Waals surface area contributed by atoms with E-state index in [1.54, 1.807) is 32.5 Å². The number of nitrogens with one attached hydrogen (secondary N) is 1. The number of pyridine rings is 1. The standard InChI is InChI=1S/C13H14N4O2/c1-3-19-13(18)11-9(2)16-17-12(11)15-8-10-4-6-14-7-5-10/h4-8H,3H2,1-2H3,(H,16,17). The van der Waals surface area contributed by atoms with Crippen molar-refractivity contribution < 1.29 is 9.53 Å². The molecule has 0 aliphatic carbocycles. The molecular formula is C13H14N4O2. The Morgan fingerprint density at radius 3 is 2.89 bits per heavy atom. The van der Waals surface area contributed by atoms with Gasteiger partial charge in [0.25, 0.3) is 0 Å². The molecule has 0 saturated heterocycles. The van der Waals surface area contributed by atoms with Crippen molar-refractivity contribution in [3.8, 4) is 0 Å². The van der Waals surface area contributed by atoms with Crippen LogP contribution in [0.3, 0.4) is 0 Å². The minimum absolute atomic E-state index is 0.316. The van der Waals surface area contributed by atoms with Crippen molar-refractivity contribution in [3.05, 3.63) is 41.3 Å². The first kappa shape index (κ1) is 12.9. The van der Waals surface area contributed by atoms with Crippen LogP contribution in [0.15, 0.2) is 29.5 Å². The zero-order valence-electron chi connectivity index (χ0n) is 10.8. The van der Waals surface area contributed by atoms with Gasteiger partial charge in [0.2, 0.25) is 0 Å². The molecule has 19 heavy (non-hydrogen) atoms. The maximum Gasteiger partial charge on any atom is 0.343 e. The first-order chi connectivity index (χ1) is 9.22. The van der Waals surface area contributed by atoms with Crippen molar-refractivity contribution in [2.24, 2.45) is 4.99 Å². The second-order valence-corrected chi connectivity index (χ2v) is 3.81. The number of aliphatic imine (C=N–C) groups is 1. The van der Waals surface area contributed by atoms with E-state index in [1.165, 1.54) is 0 Å². The minimum atomic E-state index is -0.421. The molecule has 0 atom stereocenters. The molecule has 0 aliphatic rings. The Hall–Kier alpha value is -2.50. The zero-order chi connectivity index (χ0) is 13.7. The number of ether oxygens (including phenoxy) is 1. The molecule has 0 aliphatic heterocycles. The van der Waals surface area contributed by atoms with Crippen LogP contribution in [0.5, 0.6) is 0 Å². The van der Waals surface area contributed by atoms with Crippen molar-refractivity contribution in [3.63, 3.8) is 0 Å². The molecule has 0 fully saturated rings. The fraction of sp³-hybridized carbons (Fsp3) is 0.231. The molecule has 0 unspecified atom stereocenters. The second kappa shape index (κ2) is 5.90. The number of nitrogens with zero attached hydrogens (tertiary/aromatic N) is 3. The predicted molar refractivity (Wildman–Crippen MR) is 70.8 cm³/mol. The lowest BCUT2D eigenvalue weighted by atomic mass is 10.2. The van der Waals surface area contributed by atoms with Crippen molar-refractivity contribution in [1.82, 2.24) is 15.2 Å². The Kier molecular flexibility index (Phi) is 4.02. The average Bonchev–Trinajstić information content (AvgIpc) is 2.79. The maximum atomic E-state index is 11.8. The van der Waals surface area contributed by atoms with E-state index in [2.05, 4.69) is 20.2 Å².